The maximum Gasteiger partial charge on any atom is 0.273 e. The number of rotatable bonds is 5. The van der Waals surface area contributed by atoms with Crippen LogP contribution in [0.4, 0.5) is 10.8 Å². The Balaban J connectivity index is 2.30. The third-order valence-corrected chi connectivity index (χ3v) is 2.86. The Labute approximate surface area is 112 Å². The summed E-state index contributed by atoms with van der Waals surface area (Å²) in [6.45, 7) is 2.16. The van der Waals surface area contributed by atoms with Crippen molar-refractivity contribution in [1.82, 2.24) is 4.98 Å². The van der Waals surface area contributed by atoms with E-state index in [4.69, 9.17) is 15.2 Å². The predicted octanol–water partition coefficient (Wildman–Crippen LogP) is 2.82. The van der Waals surface area contributed by atoms with Gasteiger partial charge in [-0.05, 0) is 13.0 Å². The number of benzene rings is 1. The van der Waals surface area contributed by atoms with E-state index < -0.39 is 4.92 Å². The van der Waals surface area contributed by atoms with Crippen LogP contribution in [-0.4, -0.2) is 16.5 Å². The van der Waals surface area contributed by atoms with Crippen molar-refractivity contribution in [3.63, 3.8) is 0 Å². The number of nitrogen functional groups attached to an aromatic ring is 1. The summed E-state index contributed by atoms with van der Waals surface area (Å²) in [6, 6.07) is 4.16. The SMILES string of the molecule is CCOc1cc([N+](=O)[O-])ccc1Oc1cnc(N)s1. The molecule has 1 aromatic carbocycles. The Morgan fingerprint density at radius 2 is 2.26 bits per heavy atom. The molecule has 0 atom stereocenters. The molecule has 7 nitrogen and oxygen atoms in total. The van der Waals surface area contributed by atoms with Gasteiger partial charge in [-0.1, -0.05) is 11.3 Å². The van der Waals surface area contributed by atoms with Crippen molar-refractivity contribution in [3.05, 3.63) is 34.5 Å². The summed E-state index contributed by atoms with van der Waals surface area (Å²) < 4.78 is 10.9. The van der Waals surface area contributed by atoms with E-state index in [0.29, 0.717) is 28.3 Å². The average molecular weight is 281 g/mol. The maximum atomic E-state index is 10.7. The standard InChI is InChI=1S/C11H11N3O4S/c1-2-17-9-5-7(14(15)16)3-4-8(9)18-10-6-13-11(12)19-10/h3-6H,2H2,1H3,(H2,12,13). The van der Waals surface area contributed by atoms with Gasteiger partial charge in [0.1, 0.15) is 0 Å². The number of non-ortho nitro benzene ring substituents is 1. The van der Waals surface area contributed by atoms with Gasteiger partial charge in [0.25, 0.3) is 5.69 Å². The van der Waals surface area contributed by atoms with Crippen molar-refractivity contribution < 1.29 is 14.4 Å². The summed E-state index contributed by atoms with van der Waals surface area (Å²) in [6.07, 6.45) is 1.48. The van der Waals surface area contributed by atoms with Crippen molar-refractivity contribution in [2.24, 2.45) is 0 Å². The number of thiazole rings is 1. The van der Waals surface area contributed by atoms with Gasteiger partial charge in [-0.25, -0.2) is 4.98 Å². The second-order valence-corrected chi connectivity index (χ2v) is 4.47. The molecule has 8 heteroatoms. The molecule has 0 aliphatic rings. The van der Waals surface area contributed by atoms with Crippen molar-refractivity contribution in [1.29, 1.82) is 0 Å². The number of nitrogens with zero attached hydrogens (tertiary/aromatic N) is 2. The molecule has 0 amide bonds. The number of nitro groups is 1. The van der Waals surface area contributed by atoms with Gasteiger partial charge in [0, 0.05) is 6.07 Å². The highest BCUT2D eigenvalue weighted by Gasteiger charge is 2.14. The van der Waals surface area contributed by atoms with Crippen LogP contribution in [0.1, 0.15) is 6.92 Å². The fourth-order valence-electron chi connectivity index (χ4n) is 1.39. The maximum absolute atomic E-state index is 10.7. The van der Waals surface area contributed by atoms with Gasteiger partial charge in [0.05, 0.1) is 23.8 Å². The van der Waals surface area contributed by atoms with Gasteiger partial charge in [-0.3, -0.25) is 10.1 Å². The number of ether oxygens (including phenoxy) is 2. The molecule has 19 heavy (non-hydrogen) atoms. The van der Waals surface area contributed by atoms with E-state index in [0.717, 1.165) is 0 Å². The monoisotopic (exact) mass is 281 g/mol. The Morgan fingerprint density at radius 1 is 1.47 bits per heavy atom. The number of hydrogen-bond donors (Lipinski definition) is 1. The first-order valence-electron chi connectivity index (χ1n) is 5.40. The van der Waals surface area contributed by atoms with Gasteiger partial charge in [-0.15, -0.1) is 0 Å². The lowest BCUT2D eigenvalue weighted by atomic mass is 10.3. The van der Waals surface area contributed by atoms with Crippen LogP contribution < -0.4 is 15.2 Å². The van der Waals surface area contributed by atoms with Crippen LogP contribution >= 0.6 is 11.3 Å². The van der Waals surface area contributed by atoms with E-state index in [1.54, 1.807) is 6.92 Å². The van der Waals surface area contributed by atoms with E-state index >= 15 is 0 Å². The second-order valence-electron chi connectivity index (χ2n) is 3.44. The lowest BCUT2D eigenvalue weighted by Gasteiger charge is -2.09. The molecule has 0 saturated carbocycles. The zero-order valence-corrected chi connectivity index (χ0v) is 10.8. The highest BCUT2D eigenvalue weighted by molar-refractivity contribution is 7.17. The van der Waals surface area contributed by atoms with Crippen molar-refractivity contribution in [3.8, 4) is 16.6 Å². The molecule has 100 valence electrons. The van der Waals surface area contributed by atoms with Crippen molar-refractivity contribution >= 4 is 22.2 Å². The molecule has 0 unspecified atom stereocenters. The third kappa shape index (κ3) is 3.10. The molecular formula is C11H11N3O4S. The number of hydrogen-bond acceptors (Lipinski definition) is 7. The van der Waals surface area contributed by atoms with Crippen LogP contribution in [-0.2, 0) is 0 Å². The van der Waals surface area contributed by atoms with Crippen LogP contribution in [0.3, 0.4) is 0 Å². The Hall–Kier alpha value is -2.35. The van der Waals surface area contributed by atoms with Gasteiger partial charge in [-0.2, -0.15) is 0 Å². The minimum Gasteiger partial charge on any atom is -0.490 e. The number of aromatic nitrogens is 1. The molecule has 0 saturated heterocycles. The van der Waals surface area contributed by atoms with Gasteiger partial charge in [0.2, 0.25) is 5.06 Å². The smallest absolute Gasteiger partial charge is 0.273 e. The summed E-state index contributed by atoms with van der Waals surface area (Å²) in [5, 5.41) is 11.6. The fourth-order valence-corrected chi connectivity index (χ4v) is 1.94. The number of nitrogens with two attached hydrogens (primary N) is 1. The molecule has 0 aliphatic carbocycles. The Kier molecular flexibility index (Phi) is 3.81. The summed E-state index contributed by atoms with van der Waals surface area (Å²) in [5.41, 5.74) is 5.44. The molecule has 0 radical (unpaired) electrons. The molecule has 0 spiro atoms. The zero-order chi connectivity index (χ0) is 13.8. The minimum atomic E-state index is -0.489. The van der Waals surface area contributed by atoms with Crippen LogP contribution in [0, 0.1) is 10.1 Å². The molecule has 0 aliphatic heterocycles. The molecule has 1 heterocycles. The second kappa shape index (κ2) is 5.53. The van der Waals surface area contributed by atoms with Crippen molar-refractivity contribution in [2.45, 2.75) is 6.92 Å². The predicted molar refractivity (Wildman–Crippen MR) is 70.9 cm³/mol. The third-order valence-electron chi connectivity index (χ3n) is 2.15. The van der Waals surface area contributed by atoms with Crippen LogP contribution in [0.15, 0.2) is 24.4 Å². The van der Waals surface area contributed by atoms with E-state index in [-0.39, 0.29) is 5.69 Å². The lowest BCUT2D eigenvalue weighted by molar-refractivity contribution is -0.385. The van der Waals surface area contributed by atoms with Crippen LogP contribution in [0.2, 0.25) is 0 Å². The van der Waals surface area contributed by atoms with E-state index in [1.807, 2.05) is 0 Å². The number of anilines is 1. The first-order valence-corrected chi connectivity index (χ1v) is 6.22. The molecule has 0 bridgehead atoms. The highest BCUT2D eigenvalue weighted by atomic mass is 32.1. The molecular weight excluding hydrogens is 270 g/mol. The zero-order valence-electron chi connectivity index (χ0n) is 10.0. The summed E-state index contributed by atoms with van der Waals surface area (Å²) >= 11 is 1.17. The normalized spacial score (nSPS) is 10.2. The Morgan fingerprint density at radius 3 is 2.84 bits per heavy atom. The van der Waals surface area contributed by atoms with E-state index in [2.05, 4.69) is 4.98 Å². The van der Waals surface area contributed by atoms with E-state index in [9.17, 15) is 10.1 Å². The first kappa shape index (κ1) is 13.1. The van der Waals surface area contributed by atoms with Gasteiger partial charge in [0.15, 0.2) is 16.6 Å². The molecule has 2 rings (SSSR count). The lowest BCUT2D eigenvalue weighted by Crippen LogP contribution is -1.96. The van der Waals surface area contributed by atoms with Crippen LogP contribution in [0.5, 0.6) is 16.6 Å². The first-order chi connectivity index (χ1) is 9.10. The average Bonchev–Trinajstić information content (AvgIpc) is 2.77. The fraction of sp³-hybridized carbons (Fsp3) is 0.182. The topological polar surface area (TPSA) is 101 Å². The molecule has 2 N–H and O–H groups in total. The quantitative estimate of drug-likeness (QED) is 0.668. The van der Waals surface area contributed by atoms with Gasteiger partial charge < -0.3 is 15.2 Å². The summed E-state index contributed by atoms with van der Waals surface area (Å²) in [4.78, 5) is 14.1. The highest BCUT2D eigenvalue weighted by Crippen LogP contribution is 2.37. The largest absolute Gasteiger partial charge is 0.490 e. The molecule has 1 aromatic heterocycles. The van der Waals surface area contributed by atoms with Crippen LogP contribution in [0.25, 0.3) is 0 Å². The molecule has 0 fully saturated rings. The molecule has 2 aromatic rings. The Bertz CT molecular complexity index is 599. The van der Waals surface area contributed by atoms with E-state index in [1.165, 1.54) is 35.7 Å². The number of nitro benzene ring substituents is 1. The summed E-state index contributed by atoms with van der Waals surface area (Å²) in [7, 11) is 0. The summed E-state index contributed by atoms with van der Waals surface area (Å²) in [5.74, 6) is 0.694. The van der Waals surface area contributed by atoms with Crippen molar-refractivity contribution in [2.75, 3.05) is 12.3 Å². The minimum absolute atomic E-state index is 0.0559. The van der Waals surface area contributed by atoms with Gasteiger partial charge >= 0.3 is 0 Å².